The number of ether oxygens (including phenoxy) is 1. The first-order valence-electron chi connectivity index (χ1n) is 13.2. The molecule has 1 aliphatic carbocycles. The number of Topliss-reactive ketones (excluding diaryl/α,β-unsaturated/α-hetero) is 1. The summed E-state index contributed by atoms with van der Waals surface area (Å²) < 4.78 is 44.9. The first kappa shape index (κ1) is 27.4. The van der Waals surface area contributed by atoms with Crippen LogP contribution >= 0.6 is 0 Å². The minimum absolute atomic E-state index is 0.0294. The fourth-order valence-corrected chi connectivity index (χ4v) is 5.45. The summed E-state index contributed by atoms with van der Waals surface area (Å²) in [5, 5.41) is 0. The van der Waals surface area contributed by atoms with Gasteiger partial charge in [0.15, 0.2) is 11.9 Å². The number of alkyl halides is 3. The normalized spacial score (nSPS) is 21.6. The highest BCUT2D eigenvalue weighted by Gasteiger charge is 2.38. The highest BCUT2D eigenvalue weighted by Crippen LogP contribution is 2.33. The summed E-state index contributed by atoms with van der Waals surface area (Å²) in [5.74, 6) is 1.08. The smallest absolute Gasteiger partial charge is 0.425 e. The SMILES string of the molecule is C[C@@H](Oc1ccc2c(n1)CCN(CCC1CCC(CC(=O)c3cccc(=O)n3C)CC1)CC2)C(F)(F)F. The Morgan fingerprint density at radius 2 is 1.78 bits per heavy atom. The van der Waals surface area contributed by atoms with Crippen molar-refractivity contribution >= 4 is 5.78 Å². The van der Waals surface area contributed by atoms with Crippen molar-refractivity contribution in [1.29, 1.82) is 0 Å². The van der Waals surface area contributed by atoms with Crippen LogP contribution in [-0.4, -0.2) is 52.1 Å². The third-order valence-electron chi connectivity index (χ3n) is 7.93. The molecule has 0 spiro atoms. The molecule has 0 N–H and O–H groups in total. The molecule has 0 radical (unpaired) electrons. The van der Waals surface area contributed by atoms with Crippen LogP contribution in [0.3, 0.4) is 0 Å². The molecular weight excluding hydrogens is 483 g/mol. The van der Waals surface area contributed by atoms with Crippen LogP contribution in [0.15, 0.2) is 35.1 Å². The number of hydrogen-bond donors (Lipinski definition) is 0. The number of carbonyl (C=O) groups is 1. The van der Waals surface area contributed by atoms with Gasteiger partial charge < -0.3 is 14.2 Å². The first-order valence-corrected chi connectivity index (χ1v) is 13.2. The lowest BCUT2D eigenvalue weighted by Gasteiger charge is -2.30. The maximum absolute atomic E-state index is 12.8. The number of ketones is 1. The molecule has 2 aliphatic rings. The topological polar surface area (TPSA) is 64.4 Å². The molecule has 0 unspecified atom stereocenters. The van der Waals surface area contributed by atoms with Crippen molar-refractivity contribution in [2.24, 2.45) is 18.9 Å². The van der Waals surface area contributed by atoms with Crippen LogP contribution in [0, 0.1) is 11.8 Å². The molecule has 2 aromatic heterocycles. The van der Waals surface area contributed by atoms with Gasteiger partial charge in [-0.3, -0.25) is 9.59 Å². The van der Waals surface area contributed by atoms with Crippen molar-refractivity contribution in [1.82, 2.24) is 14.5 Å². The van der Waals surface area contributed by atoms with Crippen molar-refractivity contribution in [2.45, 2.75) is 70.6 Å². The standard InChI is InChI=1S/C28H36F3N3O3/c1-19(28(29,30)31)37-26-11-10-22-13-16-34(17-14-23(22)32-26)15-12-20-6-8-21(9-7-20)18-25(35)24-4-3-5-27(36)33(24)2/h3-5,10-11,19-21H,6-9,12-18H2,1-2H3/t19-,20?,21?/m1/s1. The molecule has 1 saturated carbocycles. The number of fused-ring (bicyclic) bond motifs is 1. The molecule has 1 atom stereocenters. The zero-order valence-electron chi connectivity index (χ0n) is 21.6. The van der Waals surface area contributed by atoms with Crippen molar-refractivity contribution in [3.05, 3.63) is 57.6 Å². The fraction of sp³-hybridized carbons (Fsp3) is 0.607. The van der Waals surface area contributed by atoms with Gasteiger partial charge in [-0.15, -0.1) is 0 Å². The largest absolute Gasteiger partial charge is 0.465 e. The van der Waals surface area contributed by atoms with Crippen LogP contribution in [0.2, 0.25) is 0 Å². The molecule has 3 heterocycles. The van der Waals surface area contributed by atoms with Crippen molar-refractivity contribution in [3.8, 4) is 5.88 Å². The molecule has 0 saturated heterocycles. The minimum Gasteiger partial charge on any atom is -0.465 e. The Hall–Kier alpha value is -2.68. The molecule has 202 valence electrons. The van der Waals surface area contributed by atoms with E-state index in [4.69, 9.17) is 4.74 Å². The van der Waals surface area contributed by atoms with E-state index < -0.39 is 12.3 Å². The molecule has 1 fully saturated rings. The van der Waals surface area contributed by atoms with Crippen LogP contribution in [0.25, 0.3) is 0 Å². The second-order valence-electron chi connectivity index (χ2n) is 10.5. The van der Waals surface area contributed by atoms with Crippen molar-refractivity contribution < 1.29 is 22.7 Å². The van der Waals surface area contributed by atoms with Gasteiger partial charge in [0.05, 0.1) is 5.69 Å². The molecular formula is C28H36F3N3O3. The quantitative estimate of drug-likeness (QED) is 0.461. The predicted octanol–water partition coefficient (Wildman–Crippen LogP) is 4.98. The van der Waals surface area contributed by atoms with E-state index in [1.165, 1.54) is 16.7 Å². The average molecular weight is 520 g/mol. The molecule has 0 amide bonds. The summed E-state index contributed by atoms with van der Waals surface area (Å²) in [6.45, 7) is 3.72. The van der Waals surface area contributed by atoms with Gasteiger partial charge in [0, 0.05) is 50.8 Å². The van der Waals surface area contributed by atoms with E-state index in [2.05, 4.69) is 9.88 Å². The predicted molar refractivity (Wildman–Crippen MR) is 135 cm³/mol. The molecule has 37 heavy (non-hydrogen) atoms. The number of nitrogens with zero attached hydrogens (tertiary/aromatic N) is 3. The monoisotopic (exact) mass is 519 g/mol. The number of carbonyl (C=O) groups excluding carboxylic acids is 1. The molecule has 1 aliphatic heterocycles. The lowest BCUT2D eigenvalue weighted by molar-refractivity contribution is -0.190. The van der Waals surface area contributed by atoms with Gasteiger partial charge in [-0.25, -0.2) is 4.98 Å². The summed E-state index contributed by atoms with van der Waals surface area (Å²) in [4.78, 5) is 31.3. The second-order valence-corrected chi connectivity index (χ2v) is 10.5. The maximum Gasteiger partial charge on any atom is 0.425 e. The summed E-state index contributed by atoms with van der Waals surface area (Å²) >= 11 is 0. The van der Waals surface area contributed by atoms with Crippen LogP contribution < -0.4 is 10.3 Å². The summed E-state index contributed by atoms with van der Waals surface area (Å²) in [7, 11) is 1.64. The second kappa shape index (κ2) is 11.8. The Morgan fingerprint density at radius 1 is 1.08 bits per heavy atom. The molecule has 2 aromatic rings. The van der Waals surface area contributed by atoms with Gasteiger partial charge in [0.2, 0.25) is 5.88 Å². The van der Waals surface area contributed by atoms with E-state index >= 15 is 0 Å². The van der Waals surface area contributed by atoms with E-state index in [-0.39, 0.29) is 17.2 Å². The number of pyridine rings is 2. The van der Waals surface area contributed by atoms with Crippen LogP contribution in [0.1, 0.15) is 67.2 Å². The first-order chi connectivity index (χ1) is 17.6. The molecule has 0 aromatic carbocycles. The Balaban J connectivity index is 1.21. The molecule has 4 rings (SSSR count). The van der Waals surface area contributed by atoms with Crippen LogP contribution in [0.5, 0.6) is 5.88 Å². The van der Waals surface area contributed by atoms with Crippen molar-refractivity contribution in [2.75, 3.05) is 19.6 Å². The summed E-state index contributed by atoms with van der Waals surface area (Å²) in [5.41, 5.74) is 2.23. The molecule has 6 nitrogen and oxygen atoms in total. The van der Waals surface area contributed by atoms with Gasteiger partial charge in [-0.05, 0) is 62.6 Å². The number of halogens is 3. The fourth-order valence-electron chi connectivity index (χ4n) is 5.45. The maximum atomic E-state index is 12.8. The molecule has 0 bridgehead atoms. The van der Waals surface area contributed by atoms with Gasteiger partial charge in [-0.1, -0.05) is 25.0 Å². The van der Waals surface area contributed by atoms with Gasteiger partial charge in [0.1, 0.15) is 0 Å². The number of aromatic nitrogens is 2. The van der Waals surface area contributed by atoms with E-state index in [0.717, 1.165) is 76.3 Å². The summed E-state index contributed by atoms with van der Waals surface area (Å²) in [6.07, 6.45) is 1.11. The Bertz CT molecular complexity index is 1140. The van der Waals surface area contributed by atoms with Crippen LogP contribution in [0.4, 0.5) is 13.2 Å². The van der Waals surface area contributed by atoms with E-state index in [1.807, 2.05) is 6.07 Å². The highest BCUT2D eigenvalue weighted by molar-refractivity contribution is 5.94. The lowest BCUT2D eigenvalue weighted by Crippen LogP contribution is -2.31. The minimum atomic E-state index is -4.42. The van der Waals surface area contributed by atoms with Gasteiger partial charge in [0.25, 0.3) is 5.56 Å². The zero-order valence-corrected chi connectivity index (χ0v) is 21.6. The zero-order chi connectivity index (χ0) is 26.6. The highest BCUT2D eigenvalue weighted by atomic mass is 19.4. The summed E-state index contributed by atoms with van der Waals surface area (Å²) in [6, 6.07) is 8.22. The molecule has 9 heteroatoms. The number of rotatable bonds is 8. The third-order valence-corrected chi connectivity index (χ3v) is 7.93. The third kappa shape index (κ3) is 7.21. The van der Waals surface area contributed by atoms with Gasteiger partial charge >= 0.3 is 6.18 Å². The van der Waals surface area contributed by atoms with Crippen molar-refractivity contribution in [3.63, 3.8) is 0 Å². The van der Waals surface area contributed by atoms with Gasteiger partial charge in [-0.2, -0.15) is 13.2 Å². The van der Waals surface area contributed by atoms with E-state index in [1.54, 1.807) is 19.2 Å². The van der Waals surface area contributed by atoms with Crippen LogP contribution in [-0.2, 0) is 19.9 Å². The Morgan fingerprint density at radius 3 is 2.51 bits per heavy atom. The number of hydrogen-bond acceptors (Lipinski definition) is 5. The average Bonchev–Trinajstić information content (AvgIpc) is 3.06. The van der Waals surface area contributed by atoms with E-state index in [0.29, 0.717) is 30.4 Å². The van der Waals surface area contributed by atoms with E-state index in [9.17, 15) is 22.8 Å². The lowest BCUT2D eigenvalue weighted by atomic mass is 9.78. The Labute approximate surface area is 215 Å². The Kier molecular flexibility index (Phi) is 8.72.